The predicted octanol–water partition coefficient (Wildman–Crippen LogP) is 4.75. The second kappa shape index (κ2) is 4.38. The Labute approximate surface area is 94.8 Å². The van der Waals surface area contributed by atoms with Gasteiger partial charge in [-0.15, -0.1) is 6.58 Å². The van der Waals surface area contributed by atoms with Crippen molar-refractivity contribution in [2.24, 2.45) is 17.3 Å². The Hall–Kier alpha value is -0.780. The standard InChI is InChI=1S/C15H24/c1-7-15(6)9-8-13(11(2)3)10-14(15)12(4)5/h7,10-11,14H,1,4,8-9H2,2-3,5-6H3/t14-,15+/m1/s1. The van der Waals surface area contributed by atoms with Crippen LogP contribution in [0.5, 0.6) is 0 Å². The zero-order valence-electron chi connectivity index (χ0n) is 10.6. The van der Waals surface area contributed by atoms with Crippen LogP contribution in [0.3, 0.4) is 0 Å². The van der Waals surface area contributed by atoms with Gasteiger partial charge in [-0.25, -0.2) is 0 Å². The molecule has 0 unspecified atom stereocenters. The molecule has 0 aliphatic heterocycles. The van der Waals surface area contributed by atoms with Gasteiger partial charge in [0, 0.05) is 5.92 Å². The van der Waals surface area contributed by atoms with Crippen LogP contribution in [-0.4, -0.2) is 0 Å². The Bertz CT molecular complexity index is 293. The van der Waals surface area contributed by atoms with Crippen LogP contribution in [0.2, 0.25) is 0 Å². The van der Waals surface area contributed by atoms with Gasteiger partial charge in [-0.05, 0) is 31.1 Å². The van der Waals surface area contributed by atoms with E-state index in [1.807, 2.05) is 0 Å². The van der Waals surface area contributed by atoms with Crippen molar-refractivity contribution in [2.45, 2.75) is 40.5 Å². The lowest BCUT2D eigenvalue weighted by atomic mass is 9.65. The third kappa shape index (κ3) is 2.42. The van der Waals surface area contributed by atoms with Gasteiger partial charge in [0.15, 0.2) is 0 Å². The molecule has 0 amide bonds. The summed E-state index contributed by atoms with van der Waals surface area (Å²) >= 11 is 0. The van der Waals surface area contributed by atoms with Gasteiger partial charge in [0.2, 0.25) is 0 Å². The number of hydrogen-bond acceptors (Lipinski definition) is 0. The summed E-state index contributed by atoms with van der Waals surface area (Å²) in [6.07, 6.45) is 6.96. The van der Waals surface area contributed by atoms with Gasteiger partial charge in [-0.3, -0.25) is 0 Å². The van der Waals surface area contributed by atoms with Gasteiger partial charge >= 0.3 is 0 Å². The summed E-state index contributed by atoms with van der Waals surface area (Å²) in [5, 5.41) is 0. The average molecular weight is 204 g/mol. The van der Waals surface area contributed by atoms with E-state index in [2.05, 4.69) is 53.0 Å². The molecule has 0 nitrogen and oxygen atoms in total. The minimum Gasteiger partial charge on any atom is -0.102 e. The summed E-state index contributed by atoms with van der Waals surface area (Å²) in [6, 6.07) is 0. The molecule has 0 fully saturated rings. The van der Waals surface area contributed by atoms with Crippen molar-refractivity contribution < 1.29 is 0 Å². The Morgan fingerprint density at radius 3 is 2.60 bits per heavy atom. The second-order valence-electron chi connectivity index (χ2n) is 5.43. The van der Waals surface area contributed by atoms with Crippen LogP contribution < -0.4 is 0 Å². The summed E-state index contributed by atoms with van der Waals surface area (Å²) in [5.74, 6) is 1.14. The highest BCUT2D eigenvalue weighted by Crippen LogP contribution is 2.45. The molecule has 84 valence electrons. The first kappa shape index (κ1) is 12.3. The van der Waals surface area contributed by atoms with Crippen LogP contribution in [0.1, 0.15) is 40.5 Å². The molecular formula is C15H24. The molecule has 15 heavy (non-hydrogen) atoms. The maximum atomic E-state index is 4.12. The largest absolute Gasteiger partial charge is 0.102 e. The fraction of sp³-hybridized carbons (Fsp3) is 0.600. The van der Waals surface area contributed by atoms with Crippen molar-refractivity contribution in [1.29, 1.82) is 0 Å². The molecule has 0 aromatic carbocycles. The van der Waals surface area contributed by atoms with E-state index >= 15 is 0 Å². The van der Waals surface area contributed by atoms with Crippen molar-refractivity contribution in [3.63, 3.8) is 0 Å². The van der Waals surface area contributed by atoms with Crippen LogP contribution in [0.15, 0.2) is 36.5 Å². The third-order valence-electron chi connectivity index (χ3n) is 3.78. The number of allylic oxidation sites excluding steroid dienone is 4. The van der Waals surface area contributed by atoms with Crippen molar-refractivity contribution >= 4 is 0 Å². The van der Waals surface area contributed by atoms with Gasteiger partial charge in [-0.1, -0.05) is 50.6 Å². The summed E-state index contributed by atoms with van der Waals surface area (Å²) < 4.78 is 0. The van der Waals surface area contributed by atoms with Crippen LogP contribution in [-0.2, 0) is 0 Å². The lowest BCUT2D eigenvalue weighted by Crippen LogP contribution is -2.28. The molecule has 0 aromatic rings. The molecule has 0 saturated carbocycles. The van der Waals surface area contributed by atoms with Crippen LogP contribution in [0.4, 0.5) is 0 Å². The van der Waals surface area contributed by atoms with Gasteiger partial charge in [0.25, 0.3) is 0 Å². The zero-order valence-corrected chi connectivity index (χ0v) is 10.6. The van der Waals surface area contributed by atoms with E-state index in [9.17, 15) is 0 Å². The molecule has 0 aromatic heterocycles. The smallest absolute Gasteiger partial charge is 0.00625 e. The molecule has 0 saturated heterocycles. The first-order valence-corrected chi connectivity index (χ1v) is 5.90. The normalized spacial score (nSPS) is 31.3. The van der Waals surface area contributed by atoms with Crippen molar-refractivity contribution in [1.82, 2.24) is 0 Å². The van der Waals surface area contributed by atoms with E-state index in [1.54, 1.807) is 5.57 Å². The molecule has 0 heterocycles. The molecule has 1 aliphatic rings. The van der Waals surface area contributed by atoms with E-state index in [0.717, 1.165) is 0 Å². The van der Waals surface area contributed by atoms with Crippen LogP contribution in [0.25, 0.3) is 0 Å². The number of hydrogen-bond donors (Lipinski definition) is 0. The van der Waals surface area contributed by atoms with Crippen LogP contribution >= 0.6 is 0 Å². The maximum Gasteiger partial charge on any atom is 0.00625 e. The fourth-order valence-electron chi connectivity index (χ4n) is 2.47. The fourth-order valence-corrected chi connectivity index (χ4v) is 2.47. The molecule has 0 spiro atoms. The van der Waals surface area contributed by atoms with Crippen LogP contribution in [0, 0.1) is 17.3 Å². The Kier molecular flexibility index (Phi) is 3.59. The zero-order chi connectivity index (χ0) is 11.6. The molecule has 0 heteroatoms. The van der Waals surface area contributed by atoms with Crippen molar-refractivity contribution in [2.75, 3.05) is 0 Å². The van der Waals surface area contributed by atoms with Gasteiger partial charge in [-0.2, -0.15) is 0 Å². The van der Waals surface area contributed by atoms with Gasteiger partial charge in [0.05, 0.1) is 0 Å². The minimum absolute atomic E-state index is 0.213. The first-order valence-electron chi connectivity index (χ1n) is 5.90. The summed E-state index contributed by atoms with van der Waals surface area (Å²) in [4.78, 5) is 0. The molecule has 2 atom stereocenters. The second-order valence-corrected chi connectivity index (χ2v) is 5.43. The van der Waals surface area contributed by atoms with Crippen molar-refractivity contribution in [3.05, 3.63) is 36.5 Å². The SMILES string of the molecule is C=C[C@@]1(C)CCC(C(C)C)=C[C@@H]1C(=C)C. The lowest BCUT2D eigenvalue weighted by Gasteiger charge is -2.39. The van der Waals surface area contributed by atoms with E-state index in [0.29, 0.717) is 11.8 Å². The quantitative estimate of drug-likeness (QED) is 0.582. The van der Waals surface area contributed by atoms with Crippen molar-refractivity contribution in [3.8, 4) is 0 Å². The monoisotopic (exact) mass is 204 g/mol. The Morgan fingerprint density at radius 2 is 2.20 bits per heavy atom. The molecular weight excluding hydrogens is 180 g/mol. The first-order chi connectivity index (χ1) is 6.90. The molecule has 0 radical (unpaired) electrons. The molecule has 0 N–H and O–H groups in total. The van der Waals surface area contributed by atoms with E-state index in [4.69, 9.17) is 0 Å². The Morgan fingerprint density at radius 1 is 1.60 bits per heavy atom. The minimum atomic E-state index is 0.213. The lowest BCUT2D eigenvalue weighted by molar-refractivity contribution is 0.294. The third-order valence-corrected chi connectivity index (χ3v) is 3.78. The molecule has 1 rings (SSSR count). The molecule has 0 bridgehead atoms. The topological polar surface area (TPSA) is 0 Å². The summed E-state index contributed by atoms with van der Waals surface area (Å²) in [6.45, 7) is 17.1. The highest BCUT2D eigenvalue weighted by molar-refractivity contribution is 5.25. The Balaban J connectivity index is 3.04. The van der Waals surface area contributed by atoms with E-state index in [-0.39, 0.29) is 5.41 Å². The summed E-state index contributed by atoms with van der Waals surface area (Å²) in [7, 11) is 0. The summed E-state index contributed by atoms with van der Waals surface area (Å²) in [5.41, 5.74) is 3.06. The van der Waals surface area contributed by atoms with Gasteiger partial charge in [0.1, 0.15) is 0 Å². The average Bonchev–Trinajstić information content (AvgIpc) is 2.17. The molecule has 1 aliphatic carbocycles. The van der Waals surface area contributed by atoms with E-state index in [1.165, 1.54) is 18.4 Å². The number of rotatable bonds is 3. The van der Waals surface area contributed by atoms with Gasteiger partial charge < -0.3 is 0 Å². The van der Waals surface area contributed by atoms with E-state index < -0.39 is 0 Å². The highest BCUT2D eigenvalue weighted by atomic mass is 14.4. The maximum absolute atomic E-state index is 4.12. The highest BCUT2D eigenvalue weighted by Gasteiger charge is 2.34. The predicted molar refractivity (Wildman–Crippen MR) is 68.8 cm³/mol.